The molecule has 30 heavy (non-hydrogen) atoms. The molecule has 1 aliphatic rings. The molecule has 1 N–H and O–H groups in total. The predicted octanol–water partition coefficient (Wildman–Crippen LogP) is 4.46. The summed E-state index contributed by atoms with van der Waals surface area (Å²) in [7, 11) is 0. The lowest BCUT2D eigenvalue weighted by molar-refractivity contribution is -0.134. The number of carbonyl (C=O) groups excluding carboxylic acids is 2. The molecule has 3 aromatic rings. The van der Waals surface area contributed by atoms with E-state index in [0.29, 0.717) is 17.9 Å². The van der Waals surface area contributed by atoms with E-state index in [-0.39, 0.29) is 0 Å². The normalized spacial score (nSPS) is 13.1. The van der Waals surface area contributed by atoms with Gasteiger partial charge in [-0.1, -0.05) is 48.5 Å². The van der Waals surface area contributed by atoms with E-state index in [1.54, 1.807) is 0 Å². The second-order valence-electron chi connectivity index (χ2n) is 7.41. The molecular formula is C25H25N3O2. The number of nitrogens with zero attached hydrogens (tertiary/aromatic N) is 2. The molecule has 2 amide bonds. The average molecular weight is 399 g/mol. The van der Waals surface area contributed by atoms with Crippen LogP contribution in [0.15, 0.2) is 84.9 Å². The van der Waals surface area contributed by atoms with E-state index in [2.05, 4.69) is 10.2 Å². The first-order valence-corrected chi connectivity index (χ1v) is 10.3. The lowest BCUT2D eigenvalue weighted by Crippen LogP contribution is -2.39. The third-order valence-corrected chi connectivity index (χ3v) is 5.29. The van der Waals surface area contributed by atoms with E-state index < -0.39 is 11.8 Å². The fraction of sp³-hybridized carbons (Fsp3) is 0.200. The van der Waals surface area contributed by atoms with Crippen molar-refractivity contribution in [2.24, 2.45) is 0 Å². The molecule has 0 bridgehead atoms. The molecule has 0 saturated carbocycles. The van der Waals surface area contributed by atoms with Gasteiger partial charge in [0.1, 0.15) is 0 Å². The summed E-state index contributed by atoms with van der Waals surface area (Å²) in [5.41, 5.74) is 3.40. The zero-order chi connectivity index (χ0) is 20.8. The third kappa shape index (κ3) is 4.69. The van der Waals surface area contributed by atoms with Crippen LogP contribution >= 0.6 is 0 Å². The lowest BCUT2D eigenvalue weighted by Gasteiger charge is -2.22. The Hall–Kier alpha value is -3.60. The molecule has 1 heterocycles. The maximum Gasteiger partial charge on any atom is 0.316 e. The molecule has 5 heteroatoms. The highest BCUT2D eigenvalue weighted by Crippen LogP contribution is 2.22. The van der Waals surface area contributed by atoms with E-state index in [4.69, 9.17) is 0 Å². The molecule has 0 spiro atoms. The van der Waals surface area contributed by atoms with Gasteiger partial charge >= 0.3 is 11.8 Å². The molecule has 3 aromatic carbocycles. The average Bonchev–Trinajstić information content (AvgIpc) is 3.34. The van der Waals surface area contributed by atoms with Crippen molar-refractivity contribution in [3.8, 4) is 0 Å². The fourth-order valence-corrected chi connectivity index (χ4v) is 3.69. The SMILES string of the molecule is O=C(Nc1ccc(N2CCCC2)cc1)C(=O)N(Cc1ccccc1)c1ccccc1. The van der Waals surface area contributed by atoms with Crippen molar-refractivity contribution >= 4 is 28.9 Å². The molecule has 0 aromatic heterocycles. The largest absolute Gasteiger partial charge is 0.372 e. The van der Waals surface area contributed by atoms with Gasteiger partial charge in [0, 0.05) is 30.2 Å². The van der Waals surface area contributed by atoms with Crippen molar-refractivity contribution in [3.05, 3.63) is 90.5 Å². The summed E-state index contributed by atoms with van der Waals surface area (Å²) in [6.45, 7) is 2.45. The molecule has 1 aliphatic heterocycles. The molecule has 1 saturated heterocycles. The molecule has 0 aliphatic carbocycles. The molecule has 0 radical (unpaired) electrons. The van der Waals surface area contributed by atoms with Crippen LogP contribution < -0.4 is 15.1 Å². The molecule has 4 rings (SSSR count). The van der Waals surface area contributed by atoms with Crippen molar-refractivity contribution < 1.29 is 9.59 Å². The highest BCUT2D eigenvalue weighted by molar-refractivity contribution is 6.44. The van der Waals surface area contributed by atoms with E-state index in [1.807, 2.05) is 84.9 Å². The number of nitrogens with one attached hydrogen (secondary N) is 1. The lowest BCUT2D eigenvalue weighted by atomic mass is 10.2. The van der Waals surface area contributed by atoms with Crippen LogP contribution in [0.3, 0.4) is 0 Å². The summed E-state index contributed by atoms with van der Waals surface area (Å²) in [6, 6.07) is 26.6. The summed E-state index contributed by atoms with van der Waals surface area (Å²) >= 11 is 0. The molecular weight excluding hydrogens is 374 g/mol. The first kappa shape index (κ1) is 19.7. The zero-order valence-corrected chi connectivity index (χ0v) is 16.8. The van der Waals surface area contributed by atoms with E-state index in [1.165, 1.54) is 17.7 Å². The second kappa shape index (κ2) is 9.27. The minimum absolute atomic E-state index is 0.324. The molecule has 152 valence electrons. The van der Waals surface area contributed by atoms with Gasteiger partial charge in [-0.05, 0) is 54.8 Å². The number of hydrogen-bond donors (Lipinski definition) is 1. The standard InChI is InChI=1S/C25H25N3O2/c29-24(26-21-13-15-22(16-14-21)27-17-7-8-18-27)25(30)28(23-11-5-2-6-12-23)19-20-9-3-1-4-10-20/h1-6,9-16H,7-8,17-19H2,(H,26,29). The van der Waals surface area contributed by atoms with Crippen LogP contribution in [0.25, 0.3) is 0 Å². The van der Waals surface area contributed by atoms with Crippen LogP contribution in [0.4, 0.5) is 17.1 Å². The maximum absolute atomic E-state index is 13.0. The minimum atomic E-state index is -0.649. The number of anilines is 3. The monoisotopic (exact) mass is 399 g/mol. The van der Waals surface area contributed by atoms with E-state index in [9.17, 15) is 9.59 Å². The summed E-state index contributed by atoms with van der Waals surface area (Å²) in [4.78, 5) is 29.6. The number of rotatable bonds is 5. The Morgan fingerprint density at radius 2 is 1.40 bits per heavy atom. The van der Waals surface area contributed by atoms with E-state index in [0.717, 1.165) is 24.3 Å². The van der Waals surface area contributed by atoms with E-state index >= 15 is 0 Å². The van der Waals surface area contributed by atoms with Crippen molar-refractivity contribution in [2.75, 3.05) is 28.2 Å². The predicted molar refractivity (Wildman–Crippen MR) is 121 cm³/mol. The van der Waals surface area contributed by atoms with Crippen LogP contribution in [0.5, 0.6) is 0 Å². The number of benzene rings is 3. The molecule has 0 unspecified atom stereocenters. The van der Waals surface area contributed by atoms with Crippen molar-refractivity contribution in [2.45, 2.75) is 19.4 Å². The Bertz CT molecular complexity index is 982. The van der Waals surface area contributed by atoms with Gasteiger partial charge in [-0.2, -0.15) is 0 Å². The van der Waals surface area contributed by atoms with Crippen LogP contribution in [0, 0.1) is 0 Å². The first-order valence-electron chi connectivity index (χ1n) is 10.3. The molecule has 1 fully saturated rings. The Morgan fingerprint density at radius 3 is 2.03 bits per heavy atom. The van der Waals surface area contributed by atoms with Crippen molar-refractivity contribution in [1.82, 2.24) is 0 Å². The summed E-state index contributed by atoms with van der Waals surface area (Å²) < 4.78 is 0. The number of hydrogen-bond acceptors (Lipinski definition) is 3. The van der Waals surface area contributed by atoms with Crippen LogP contribution in [0.2, 0.25) is 0 Å². The summed E-state index contributed by atoms with van der Waals surface area (Å²) in [5, 5.41) is 2.75. The van der Waals surface area contributed by atoms with Gasteiger partial charge in [-0.25, -0.2) is 0 Å². The quantitative estimate of drug-likeness (QED) is 0.645. The van der Waals surface area contributed by atoms with Crippen LogP contribution in [0.1, 0.15) is 18.4 Å². The third-order valence-electron chi connectivity index (χ3n) is 5.29. The molecule has 5 nitrogen and oxygen atoms in total. The number of carbonyl (C=O) groups is 2. The Labute approximate surface area is 176 Å². The smallest absolute Gasteiger partial charge is 0.316 e. The number of amides is 2. The maximum atomic E-state index is 13.0. The van der Waals surface area contributed by atoms with Gasteiger partial charge in [0.2, 0.25) is 0 Å². The van der Waals surface area contributed by atoms with Crippen LogP contribution in [-0.4, -0.2) is 24.9 Å². The summed E-state index contributed by atoms with van der Waals surface area (Å²) in [5.74, 6) is -1.24. The topological polar surface area (TPSA) is 52.7 Å². The van der Waals surface area contributed by atoms with Crippen molar-refractivity contribution in [3.63, 3.8) is 0 Å². The summed E-state index contributed by atoms with van der Waals surface area (Å²) in [6.07, 6.45) is 2.42. The highest BCUT2D eigenvalue weighted by atomic mass is 16.2. The van der Waals surface area contributed by atoms with Gasteiger partial charge in [-0.15, -0.1) is 0 Å². The minimum Gasteiger partial charge on any atom is -0.372 e. The highest BCUT2D eigenvalue weighted by Gasteiger charge is 2.24. The molecule has 0 atom stereocenters. The Kier molecular flexibility index (Phi) is 6.09. The van der Waals surface area contributed by atoms with Gasteiger partial charge in [0.25, 0.3) is 0 Å². The van der Waals surface area contributed by atoms with Crippen LogP contribution in [-0.2, 0) is 16.1 Å². The van der Waals surface area contributed by atoms with Gasteiger partial charge < -0.3 is 10.2 Å². The van der Waals surface area contributed by atoms with Gasteiger partial charge in [0.05, 0.1) is 6.54 Å². The first-order chi connectivity index (χ1) is 14.7. The van der Waals surface area contributed by atoms with Crippen molar-refractivity contribution in [1.29, 1.82) is 0 Å². The number of para-hydroxylation sites is 1. The van der Waals surface area contributed by atoms with Gasteiger partial charge in [0.15, 0.2) is 0 Å². The zero-order valence-electron chi connectivity index (χ0n) is 16.8. The fourth-order valence-electron chi connectivity index (χ4n) is 3.69. The Balaban J connectivity index is 1.48. The Morgan fingerprint density at radius 1 is 0.800 bits per heavy atom. The van der Waals surface area contributed by atoms with Gasteiger partial charge in [-0.3, -0.25) is 14.5 Å². The second-order valence-corrected chi connectivity index (χ2v) is 7.41.